The smallest absolute Gasteiger partial charge is 0.182 e. The largest absolute Gasteiger partial charge is 0.495 e. The minimum absolute atomic E-state index is 0.400. The normalized spacial score (nSPS) is 15.9. The van der Waals surface area contributed by atoms with Gasteiger partial charge in [0.2, 0.25) is 0 Å². The van der Waals surface area contributed by atoms with Crippen molar-refractivity contribution in [2.45, 2.75) is 39.2 Å². The lowest BCUT2D eigenvalue weighted by Crippen LogP contribution is -2.14. The second-order valence-electron chi connectivity index (χ2n) is 5.87. The Morgan fingerprint density at radius 1 is 1.38 bits per heavy atom. The molecule has 2 N–H and O–H groups in total. The highest BCUT2D eigenvalue weighted by molar-refractivity contribution is 5.65. The molecular formula is C15H21N5O. The molecule has 1 fully saturated rings. The Balaban J connectivity index is 1.88. The van der Waals surface area contributed by atoms with E-state index in [9.17, 15) is 0 Å². The summed E-state index contributed by atoms with van der Waals surface area (Å²) in [7, 11) is 1.61. The molecule has 6 heteroatoms. The number of nitrogen functional groups attached to an aromatic ring is 1. The summed E-state index contributed by atoms with van der Waals surface area (Å²) in [6.45, 7) is 3.11. The van der Waals surface area contributed by atoms with Crippen LogP contribution in [0.3, 0.4) is 0 Å². The third-order valence-electron chi connectivity index (χ3n) is 4.25. The molecule has 0 amide bonds. The van der Waals surface area contributed by atoms with Crippen LogP contribution < -0.4 is 10.5 Å². The average Bonchev–Trinajstić information content (AvgIpc) is 3.07. The molecule has 1 aromatic carbocycles. The maximum Gasteiger partial charge on any atom is 0.182 e. The van der Waals surface area contributed by atoms with Gasteiger partial charge in [-0.05, 0) is 53.3 Å². The van der Waals surface area contributed by atoms with Crippen LogP contribution in [0, 0.1) is 5.41 Å². The van der Waals surface area contributed by atoms with Gasteiger partial charge in [-0.25, -0.2) is 4.68 Å². The number of aromatic nitrogens is 4. The van der Waals surface area contributed by atoms with Gasteiger partial charge in [0.15, 0.2) is 5.82 Å². The summed E-state index contributed by atoms with van der Waals surface area (Å²) in [6.07, 6.45) is 4.97. The van der Waals surface area contributed by atoms with Crippen molar-refractivity contribution >= 4 is 5.69 Å². The highest BCUT2D eigenvalue weighted by Gasteiger charge is 2.42. The van der Waals surface area contributed by atoms with Crippen LogP contribution >= 0.6 is 0 Å². The quantitative estimate of drug-likeness (QED) is 0.826. The van der Waals surface area contributed by atoms with Crippen molar-refractivity contribution in [1.29, 1.82) is 0 Å². The molecule has 0 bridgehead atoms. The maximum atomic E-state index is 5.86. The highest BCUT2D eigenvalue weighted by Crippen LogP contribution is 2.51. The zero-order valence-electron chi connectivity index (χ0n) is 12.5. The first-order valence-electron chi connectivity index (χ1n) is 7.37. The van der Waals surface area contributed by atoms with Crippen molar-refractivity contribution < 1.29 is 4.74 Å². The van der Waals surface area contributed by atoms with Gasteiger partial charge in [0.05, 0.1) is 19.3 Å². The zero-order chi connectivity index (χ0) is 14.9. The van der Waals surface area contributed by atoms with E-state index in [0.29, 0.717) is 16.9 Å². The summed E-state index contributed by atoms with van der Waals surface area (Å²) in [5.41, 5.74) is 7.80. The third kappa shape index (κ3) is 2.70. The van der Waals surface area contributed by atoms with Gasteiger partial charge in [-0.15, -0.1) is 5.10 Å². The fraction of sp³-hybridized carbons (Fsp3) is 0.533. The van der Waals surface area contributed by atoms with E-state index in [0.717, 1.165) is 17.9 Å². The molecule has 0 atom stereocenters. The Labute approximate surface area is 124 Å². The van der Waals surface area contributed by atoms with Gasteiger partial charge >= 0.3 is 0 Å². The van der Waals surface area contributed by atoms with E-state index in [1.807, 2.05) is 22.9 Å². The Bertz CT molecular complexity index is 633. The average molecular weight is 287 g/mol. The number of rotatable bonds is 6. The Morgan fingerprint density at radius 3 is 2.86 bits per heavy atom. The summed E-state index contributed by atoms with van der Waals surface area (Å²) in [6, 6.07) is 5.64. The predicted molar refractivity (Wildman–Crippen MR) is 80.8 cm³/mol. The van der Waals surface area contributed by atoms with E-state index in [-0.39, 0.29) is 0 Å². The second kappa shape index (κ2) is 5.35. The first-order chi connectivity index (χ1) is 10.2. The summed E-state index contributed by atoms with van der Waals surface area (Å²) < 4.78 is 7.18. The maximum absolute atomic E-state index is 5.86. The fourth-order valence-electron chi connectivity index (χ4n) is 2.88. The van der Waals surface area contributed by atoms with E-state index in [1.54, 1.807) is 7.11 Å². The first kappa shape index (κ1) is 13.9. The number of nitrogens with two attached hydrogens (primary N) is 1. The number of anilines is 1. The topological polar surface area (TPSA) is 78.9 Å². The van der Waals surface area contributed by atoms with Crippen molar-refractivity contribution in [3.05, 3.63) is 18.2 Å². The number of benzene rings is 1. The van der Waals surface area contributed by atoms with Crippen molar-refractivity contribution in [1.82, 2.24) is 20.2 Å². The van der Waals surface area contributed by atoms with Crippen LogP contribution in [0.1, 0.15) is 32.6 Å². The molecule has 2 aromatic rings. The van der Waals surface area contributed by atoms with Crippen LogP contribution in [0.15, 0.2) is 18.2 Å². The van der Waals surface area contributed by atoms with Gasteiger partial charge < -0.3 is 10.5 Å². The van der Waals surface area contributed by atoms with Crippen LogP contribution in [0.5, 0.6) is 5.75 Å². The molecular weight excluding hydrogens is 266 g/mol. The van der Waals surface area contributed by atoms with Crippen LogP contribution in [-0.2, 0) is 6.54 Å². The molecule has 0 spiro atoms. The molecule has 1 aliphatic carbocycles. The van der Waals surface area contributed by atoms with Crippen molar-refractivity contribution in [3.63, 3.8) is 0 Å². The van der Waals surface area contributed by atoms with Crippen LogP contribution in [-0.4, -0.2) is 27.3 Å². The molecule has 112 valence electrons. The molecule has 0 aliphatic heterocycles. The van der Waals surface area contributed by atoms with Gasteiger partial charge in [0.1, 0.15) is 5.75 Å². The first-order valence-corrected chi connectivity index (χ1v) is 7.37. The van der Waals surface area contributed by atoms with Crippen molar-refractivity contribution in [3.8, 4) is 17.1 Å². The standard InChI is InChI=1S/C15H21N5O/c1-3-6-15(7-8-15)10-20-14(17-18-19-20)11-4-5-12(16)13(9-11)21-2/h4-5,9H,3,6-8,10,16H2,1-2H3. The lowest BCUT2D eigenvalue weighted by atomic mass is 10.0. The SMILES string of the molecule is CCCC1(Cn2nnnc2-c2ccc(N)c(OC)c2)CC1. The van der Waals surface area contributed by atoms with E-state index in [1.165, 1.54) is 25.7 Å². The van der Waals surface area contributed by atoms with E-state index < -0.39 is 0 Å². The molecule has 1 heterocycles. The minimum Gasteiger partial charge on any atom is -0.495 e. The summed E-state index contributed by atoms with van der Waals surface area (Å²) >= 11 is 0. The summed E-state index contributed by atoms with van der Waals surface area (Å²) in [5.74, 6) is 1.42. The van der Waals surface area contributed by atoms with Gasteiger partial charge in [-0.3, -0.25) is 0 Å². The molecule has 1 saturated carbocycles. The van der Waals surface area contributed by atoms with Gasteiger partial charge in [0.25, 0.3) is 0 Å². The van der Waals surface area contributed by atoms with E-state index in [2.05, 4.69) is 22.4 Å². The second-order valence-corrected chi connectivity index (χ2v) is 5.87. The molecule has 0 unspecified atom stereocenters. The van der Waals surface area contributed by atoms with E-state index in [4.69, 9.17) is 10.5 Å². The molecule has 0 saturated heterocycles. The number of nitrogens with zero attached hydrogens (tertiary/aromatic N) is 4. The molecule has 1 aliphatic rings. The monoisotopic (exact) mass is 287 g/mol. The number of hydrogen-bond acceptors (Lipinski definition) is 5. The zero-order valence-corrected chi connectivity index (χ0v) is 12.5. The lowest BCUT2D eigenvalue weighted by Gasteiger charge is -2.15. The minimum atomic E-state index is 0.400. The summed E-state index contributed by atoms with van der Waals surface area (Å²) in [5, 5.41) is 12.2. The van der Waals surface area contributed by atoms with Crippen LogP contribution in [0.4, 0.5) is 5.69 Å². The third-order valence-corrected chi connectivity index (χ3v) is 4.25. The molecule has 3 rings (SSSR count). The van der Waals surface area contributed by atoms with Crippen LogP contribution in [0.25, 0.3) is 11.4 Å². The Hall–Kier alpha value is -2.11. The van der Waals surface area contributed by atoms with Gasteiger partial charge in [-0.2, -0.15) is 0 Å². The highest BCUT2D eigenvalue weighted by atomic mass is 16.5. The van der Waals surface area contributed by atoms with Crippen LogP contribution in [0.2, 0.25) is 0 Å². The molecule has 21 heavy (non-hydrogen) atoms. The molecule has 1 aromatic heterocycles. The predicted octanol–water partition coefficient (Wildman–Crippen LogP) is 2.51. The number of tetrazole rings is 1. The molecule has 6 nitrogen and oxygen atoms in total. The Morgan fingerprint density at radius 2 is 2.19 bits per heavy atom. The molecule has 0 radical (unpaired) electrons. The Kier molecular flexibility index (Phi) is 3.53. The number of hydrogen-bond donors (Lipinski definition) is 1. The number of methoxy groups -OCH3 is 1. The fourth-order valence-corrected chi connectivity index (χ4v) is 2.88. The van der Waals surface area contributed by atoms with Gasteiger partial charge in [0, 0.05) is 5.56 Å². The van der Waals surface area contributed by atoms with Crippen molar-refractivity contribution in [2.75, 3.05) is 12.8 Å². The number of ether oxygens (including phenoxy) is 1. The van der Waals surface area contributed by atoms with Gasteiger partial charge in [-0.1, -0.05) is 13.3 Å². The van der Waals surface area contributed by atoms with E-state index >= 15 is 0 Å². The summed E-state index contributed by atoms with van der Waals surface area (Å²) in [4.78, 5) is 0. The van der Waals surface area contributed by atoms with Crippen molar-refractivity contribution in [2.24, 2.45) is 5.41 Å². The lowest BCUT2D eigenvalue weighted by molar-refractivity contribution is 0.365.